The van der Waals surface area contributed by atoms with Crippen molar-refractivity contribution in [2.75, 3.05) is 13.1 Å². The van der Waals surface area contributed by atoms with E-state index in [0.717, 1.165) is 36.4 Å². The predicted octanol–water partition coefficient (Wildman–Crippen LogP) is 3.81. The van der Waals surface area contributed by atoms with E-state index in [2.05, 4.69) is 10.2 Å². The first-order valence-electron chi connectivity index (χ1n) is 7.96. The van der Waals surface area contributed by atoms with Crippen LogP contribution < -0.4 is 0 Å². The minimum atomic E-state index is 0.209. The van der Waals surface area contributed by atoms with E-state index in [0.29, 0.717) is 18.2 Å². The van der Waals surface area contributed by atoms with Crippen molar-refractivity contribution in [3.8, 4) is 11.5 Å². The summed E-state index contributed by atoms with van der Waals surface area (Å²) >= 11 is 3.25. The summed E-state index contributed by atoms with van der Waals surface area (Å²) in [5, 5.41) is 14.4. The average Bonchev–Trinajstić information content (AvgIpc) is 3.36. The van der Waals surface area contributed by atoms with Gasteiger partial charge in [0.25, 0.3) is 0 Å². The number of hydrogen-bond acceptors (Lipinski definition) is 6. The van der Waals surface area contributed by atoms with E-state index in [4.69, 9.17) is 4.42 Å². The molecular formula is C17H17N3O2S2. The van der Waals surface area contributed by atoms with Crippen molar-refractivity contribution in [3.63, 3.8) is 0 Å². The van der Waals surface area contributed by atoms with E-state index in [1.807, 2.05) is 39.2 Å². The Kier molecular flexibility index (Phi) is 4.44. The van der Waals surface area contributed by atoms with E-state index < -0.39 is 0 Å². The van der Waals surface area contributed by atoms with Gasteiger partial charge in [0.05, 0.1) is 6.42 Å². The molecule has 0 bridgehead atoms. The lowest BCUT2D eigenvalue weighted by Gasteiger charge is -2.30. The Balaban J connectivity index is 1.35. The molecule has 124 valence electrons. The number of amides is 1. The number of carbonyl (C=O) groups excluding carboxylic acids is 1. The molecule has 3 aromatic rings. The Morgan fingerprint density at radius 2 is 2.12 bits per heavy atom. The van der Waals surface area contributed by atoms with Crippen LogP contribution in [0.25, 0.3) is 11.5 Å². The molecule has 0 radical (unpaired) electrons. The fraction of sp³-hybridized carbons (Fsp3) is 0.353. The fourth-order valence-corrected chi connectivity index (χ4v) is 4.28. The fourth-order valence-electron chi connectivity index (χ4n) is 2.95. The molecule has 0 spiro atoms. The van der Waals surface area contributed by atoms with Gasteiger partial charge in [-0.15, -0.1) is 21.5 Å². The molecule has 5 nitrogen and oxygen atoms in total. The number of carbonyl (C=O) groups is 1. The van der Waals surface area contributed by atoms with Gasteiger partial charge in [-0.25, -0.2) is 0 Å². The van der Waals surface area contributed by atoms with Crippen LogP contribution >= 0.6 is 22.7 Å². The quantitative estimate of drug-likeness (QED) is 0.711. The number of likely N-dealkylation sites (tertiary alicyclic amines) is 1. The monoisotopic (exact) mass is 359 g/mol. The maximum absolute atomic E-state index is 12.4. The second-order valence-corrected chi connectivity index (χ2v) is 7.68. The Hall–Kier alpha value is -1.99. The minimum Gasteiger partial charge on any atom is -0.420 e. The highest BCUT2D eigenvalue weighted by Gasteiger charge is 2.27. The van der Waals surface area contributed by atoms with Crippen LogP contribution in [0.4, 0.5) is 0 Å². The first kappa shape index (κ1) is 15.5. The first-order chi connectivity index (χ1) is 11.8. The third kappa shape index (κ3) is 3.27. The second kappa shape index (κ2) is 6.86. The highest BCUT2D eigenvalue weighted by molar-refractivity contribution is 7.10. The van der Waals surface area contributed by atoms with Crippen LogP contribution in [0.15, 0.2) is 38.8 Å². The first-order valence-corrected chi connectivity index (χ1v) is 9.78. The molecule has 0 N–H and O–H groups in total. The van der Waals surface area contributed by atoms with E-state index in [1.165, 1.54) is 0 Å². The second-order valence-electron chi connectivity index (χ2n) is 5.87. The summed E-state index contributed by atoms with van der Waals surface area (Å²) in [4.78, 5) is 15.4. The van der Waals surface area contributed by atoms with Crippen LogP contribution in [0, 0.1) is 0 Å². The Morgan fingerprint density at radius 1 is 1.25 bits per heavy atom. The largest absolute Gasteiger partial charge is 0.420 e. The third-order valence-corrected chi connectivity index (χ3v) is 5.87. The Bertz CT molecular complexity index is 788. The van der Waals surface area contributed by atoms with Crippen molar-refractivity contribution in [3.05, 3.63) is 45.1 Å². The van der Waals surface area contributed by atoms with E-state index >= 15 is 0 Å². The molecule has 1 aliphatic rings. The molecular weight excluding hydrogens is 342 g/mol. The normalized spacial score (nSPS) is 15.8. The third-order valence-electron chi connectivity index (χ3n) is 4.31. The smallest absolute Gasteiger partial charge is 0.248 e. The molecule has 7 heteroatoms. The van der Waals surface area contributed by atoms with Crippen molar-refractivity contribution in [2.24, 2.45) is 0 Å². The lowest BCUT2D eigenvalue weighted by Crippen LogP contribution is -2.38. The van der Waals surface area contributed by atoms with Crippen LogP contribution in [0.3, 0.4) is 0 Å². The molecule has 1 saturated heterocycles. The Labute approximate surface area is 147 Å². The predicted molar refractivity (Wildman–Crippen MR) is 94.2 cm³/mol. The molecule has 0 aliphatic carbocycles. The van der Waals surface area contributed by atoms with Gasteiger partial charge in [-0.2, -0.15) is 11.3 Å². The molecule has 0 atom stereocenters. The number of aromatic nitrogens is 2. The van der Waals surface area contributed by atoms with Gasteiger partial charge in [-0.1, -0.05) is 6.07 Å². The van der Waals surface area contributed by atoms with Crippen molar-refractivity contribution in [1.82, 2.24) is 15.1 Å². The van der Waals surface area contributed by atoms with Crippen LogP contribution in [-0.2, 0) is 11.2 Å². The zero-order valence-corrected chi connectivity index (χ0v) is 14.7. The summed E-state index contributed by atoms with van der Waals surface area (Å²) in [6.45, 7) is 1.51. The molecule has 4 heterocycles. The van der Waals surface area contributed by atoms with Crippen LogP contribution in [0.5, 0.6) is 0 Å². The average molecular weight is 359 g/mol. The number of piperidine rings is 1. The van der Waals surface area contributed by atoms with Crippen molar-refractivity contribution in [2.45, 2.75) is 25.2 Å². The van der Waals surface area contributed by atoms with Gasteiger partial charge in [0.1, 0.15) is 0 Å². The van der Waals surface area contributed by atoms with Gasteiger partial charge in [-0.3, -0.25) is 4.79 Å². The summed E-state index contributed by atoms with van der Waals surface area (Å²) in [5.41, 5.74) is 0.974. The Morgan fingerprint density at radius 3 is 2.83 bits per heavy atom. The summed E-state index contributed by atoms with van der Waals surface area (Å²) in [5.74, 6) is 1.74. The molecule has 4 rings (SSSR count). The number of nitrogens with zero attached hydrogens (tertiary/aromatic N) is 3. The maximum atomic E-state index is 12.4. The number of hydrogen-bond donors (Lipinski definition) is 0. The van der Waals surface area contributed by atoms with Gasteiger partial charge in [0.2, 0.25) is 17.7 Å². The van der Waals surface area contributed by atoms with Crippen LogP contribution in [-0.4, -0.2) is 34.1 Å². The zero-order chi connectivity index (χ0) is 16.4. The zero-order valence-electron chi connectivity index (χ0n) is 13.1. The van der Waals surface area contributed by atoms with E-state index in [9.17, 15) is 4.79 Å². The van der Waals surface area contributed by atoms with Crippen molar-refractivity contribution >= 4 is 28.6 Å². The summed E-state index contributed by atoms with van der Waals surface area (Å²) in [6.07, 6.45) is 2.26. The standard InChI is InChI=1S/C17H17N3O2S2/c21-15(10-14-2-1-8-24-14)20-6-3-12(4-7-20)16-18-19-17(22-16)13-5-9-23-11-13/h1-2,5,8-9,11-12H,3-4,6-7,10H2. The van der Waals surface area contributed by atoms with E-state index in [1.54, 1.807) is 22.7 Å². The van der Waals surface area contributed by atoms with Gasteiger partial charge in [-0.05, 0) is 35.7 Å². The van der Waals surface area contributed by atoms with E-state index in [-0.39, 0.29) is 11.8 Å². The number of thiophene rings is 2. The minimum absolute atomic E-state index is 0.209. The highest BCUT2D eigenvalue weighted by atomic mass is 32.1. The van der Waals surface area contributed by atoms with Crippen LogP contribution in [0.2, 0.25) is 0 Å². The summed E-state index contributed by atoms with van der Waals surface area (Å²) < 4.78 is 5.83. The molecule has 1 aliphatic heterocycles. The lowest BCUT2D eigenvalue weighted by molar-refractivity contribution is -0.131. The van der Waals surface area contributed by atoms with Gasteiger partial charge >= 0.3 is 0 Å². The highest BCUT2D eigenvalue weighted by Crippen LogP contribution is 2.30. The molecule has 1 amide bonds. The van der Waals surface area contributed by atoms with Crippen LogP contribution in [0.1, 0.15) is 29.5 Å². The molecule has 0 unspecified atom stereocenters. The molecule has 24 heavy (non-hydrogen) atoms. The summed E-state index contributed by atoms with van der Waals surface area (Å²) in [7, 11) is 0. The molecule has 0 saturated carbocycles. The lowest BCUT2D eigenvalue weighted by atomic mass is 9.96. The maximum Gasteiger partial charge on any atom is 0.248 e. The number of rotatable bonds is 4. The summed E-state index contributed by atoms with van der Waals surface area (Å²) in [6, 6.07) is 5.98. The van der Waals surface area contributed by atoms with Crippen molar-refractivity contribution < 1.29 is 9.21 Å². The van der Waals surface area contributed by atoms with Gasteiger partial charge in [0.15, 0.2) is 0 Å². The molecule has 1 fully saturated rings. The molecule has 0 aromatic carbocycles. The SMILES string of the molecule is O=C(Cc1cccs1)N1CCC(c2nnc(-c3ccsc3)o2)CC1. The van der Waals surface area contributed by atoms with Gasteiger partial charge < -0.3 is 9.32 Å². The van der Waals surface area contributed by atoms with Crippen molar-refractivity contribution in [1.29, 1.82) is 0 Å². The molecule has 3 aromatic heterocycles. The topological polar surface area (TPSA) is 59.2 Å². The van der Waals surface area contributed by atoms with Gasteiger partial charge in [0, 0.05) is 34.8 Å².